The number of imidazole rings is 1. The van der Waals surface area contributed by atoms with Crippen LogP contribution in [0, 0.1) is 46.3 Å². The van der Waals surface area contributed by atoms with E-state index in [1.54, 1.807) is 12.5 Å². The maximum absolute atomic E-state index is 13.5. The Morgan fingerprint density at radius 1 is 1.03 bits per heavy atom. The maximum Gasteiger partial charge on any atom is 0.159 e. The third-order valence-electron chi connectivity index (χ3n) is 10.7. The molecule has 0 spiro atoms. The van der Waals surface area contributed by atoms with Crippen LogP contribution in [0.4, 0.5) is 0 Å². The quantitative estimate of drug-likeness (QED) is 0.820. The minimum absolute atomic E-state index is 0.0648. The first kappa shape index (κ1) is 18.6. The van der Waals surface area contributed by atoms with Crippen molar-refractivity contribution < 1.29 is 9.90 Å². The molecule has 2 bridgehead atoms. The van der Waals surface area contributed by atoms with Gasteiger partial charge in [0, 0.05) is 17.8 Å². The van der Waals surface area contributed by atoms with Gasteiger partial charge in [-0.25, -0.2) is 4.98 Å². The van der Waals surface area contributed by atoms with Crippen LogP contribution < -0.4 is 0 Å². The Labute approximate surface area is 174 Å². The van der Waals surface area contributed by atoms with Gasteiger partial charge in [-0.15, -0.1) is 0 Å². The molecule has 6 fully saturated rings. The highest BCUT2D eigenvalue weighted by Gasteiger charge is 2.74. The van der Waals surface area contributed by atoms with E-state index in [0.717, 1.165) is 61.2 Å². The van der Waals surface area contributed by atoms with Gasteiger partial charge in [0.05, 0.1) is 18.5 Å². The molecule has 0 amide bonds. The van der Waals surface area contributed by atoms with Gasteiger partial charge in [0.25, 0.3) is 0 Å². The van der Waals surface area contributed by atoms with Gasteiger partial charge in [0.15, 0.2) is 5.78 Å². The van der Waals surface area contributed by atoms with Crippen LogP contribution in [0.3, 0.4) is 0 Å². The molecule has 0 unspecified atom stereocenters. The summed E-state index contributed by atoms with van der Waals surface area (Å²) in [5.41, 5.74) is -0.288. The predicted octanol–water partition coefficient (Wildman–Crippen LogP) is 4.47. The van der Waals surface area contributed by atoms with Crippen LogP contribution in [-0.4, -0.2) is 26.0 Å². The lowest BCUT2D eigenvalue weighted by Crippen LogP contribution is -2.52. The molecule has 4 nitrogen and oxygen atoms in total. The molecule has 0 radical (unpaired) electrons. The van der Waals surface area contributed by atoms with Crippen LogP contribution in [0.5, 0.6) is 0 Å². The first-order valence-corrected chi connectivity index (χ1v) is 12.0. The van der Waals surface area contributed by atoms with Gasteiger partial charge in [-0.3, -0.25) is 4.79 Å². The zero-order chi connectivity index (χ0) is 20.0. The molecule has 1 aromatic heterocycles. The fourth-order valence-corrected chi connectivity index (χ4v) is 9.56. The number of nitrogens with zero attached hydrogens (tertiary/aromatic N) is 2. The predicted molar refractivity (Wildman–Crippen MR) is 111 cm³/mol. The minimum Gasteiger partial charge on any atom is -0.390 e. The number of hydrogen-bond donors (Lipinski definition) is 1. The van der Waals surface area contributed by atoms with Crippen molar-refractivity contribution in [2.75, 3.05) is 0 Å². The molecule has 4 heteroatoms. The molecule has 6 saturated carbocycles. The number of fused-ring (bicyclic) bond motifs is 3. The van der Waals surface area contributed by atoms with E-state index in [4.69, 9.17) is 0 Å². The van der Waals surface area contributed by atoms with Crippen LogP contribution in [0.15, 0.2) is 18.7 Å². The summed E-state index contributed by atoms with van der Waals surface area (Å²) in [7, 11) is 0. The molecule has 1 heterocycles. The van der Waals surface area contributed by atoms with Crippen molar-refractivity contribution in [3.05, 3.63) is 18.7 Å². The zero-order valence-electron chi connectivity index (χ0n) is 18.0. The second-order valence-corrected chi connectivity index (χ2v) is 12.0. The number of aliphatic hydroxyl groups is 1. The molecule has 29 heavy (non-hydrogen) atoms. The van der Waals surface area contributed by atoms with Crippen molar-refractivity contribution in [3.63, 3.8) is 0 Å². The van der Waals surface area contributed by atoms with E-state index >= 15 is 0 Å². The second-order valence-electron chi connectivity index (χ2n) is 12.0. The SMILES string of the molecule is C[C@@]1(O)CC[C@H]2[C@H](CC[C@@H]3[C@@H]2CC[C@@]2(C)[C@H]3[C@H]3C[C@]2(C(=O)Cn2ccnc2)C3)C1. The van der Waals surface area contributed by atoms with Gasteiger partial charge < -0.3 is 9.67 Å². The molecule has 7 rings (SSSR count). The Morgan fingerprint density at radius 3 is 2.59 bits per heavy atom. The summed E-state index contributed by atoms with van der Waals surface area (Å²) in [6.07, 6.45) is 16.2. The third-order valence-corrected chi connectivity index (χ3v) is 10.7. The van der Waals surface area contributed by atoms with Crippen molar-refractivity contribution in [2.45, 2.75) is 83.8 Å². The van der Waals surface area contributed by atoms with E-state index in [2.05, 4.69) is 18.8 Å². The van der Waals surface area contributed by atoms with E-state index in [1.165, 1.54) is 32.1 Å². The van der Waals surface area contributed by atoms with Gasteiger partial charge in [0.2, 0.25) is 0 Å². The third kappa shape index (κ3) is 2.41. The number of rotatable bonds is 3. The highest BCUT2D eigenvalue weighted by molar-refractivity contribution is 5.87. The smallest absolute Gasteiger partial charge is 0.159 e. The topological polar surface area (TPSA) is 55.1 Å². The number of carbonyl (C=O) groups excluding carboxylic acids is 1. The molecule has 7 atom stereocenters. The second kappa shape index (κ2) is 5.96. The first-order chi connectivity index (χ1) is 13.8. The van der Waals surface area contributed by atoms with Crippen LogP contribution in [-0.2, 0) is 11.3 Å². The summed E-state index contributed by atoms with van der Waals surface area (Å²) in [5, 5.41) is 10.6. The lowest BCUT2D eigenvalue weighted by atomic mass is 9.48. The van der Waals surface area contributed by atoms with Crippen molar-refractivity contribution in [2.24, 2.45) is 46.3 Å². The molecular formula is C25H36N2O2. The van der Waals surface area contributed by atoms with Crippen molar-refractivity contribution >= 4 is 5.78 Å². The zero-order valence-corrected chi connectivity index (χ0v) is 18.0. The van der Waals surface area contributed by atoms with Crippen molar-refractivity contribution in [1.82, 2.24) is 9.55 Å². The van der Waals surface area contributed by atoms with E-state index in [-0.39, 0.29) is 10.8 Å². The summed E-state index contributed by atoms with van der Waals surface area (Å²) in [6, 6.07) is 0. The molecule has 158 valence electrons. The van der Waals surface area contributed by atoms with Gasteiger partial charge >= 0.3 is 0 Å². The Hall–Kier alpha value is -1.16. The highest BCUT2D eigenvalue weighted by atomic mass is 16.3. The Kier molecular flexibility index (Phi) is 3.82. The number of carbonyl (C=O) groups is 1. The van der Waals surface area contributed by atoms with E-state index in [1.807, 2.05) is 10.8 Å². The summed E-state index contributed by atoms with van der Waals surface area (Å²) >= 11 is 0. The molecule has 6 aliphatic carbocycles. The number of ketones is 1. The molecule has 1 aromatic rings. The van der Waals surface area contributed by atoms with Crippen LogP contribution in [0.2, 0.25) is 0 Å². The Bertz CT molecular complexity index is 809. The normalized spacial score (nSPS) is 52.8. The van der Waals surface area contributed by atoms with Gasteiger partial charge in [-0.1, -0.05) is 6.92 Å². The van der Waals surface area contributed by atoms with Gasteiger partial charge in [-0.2, -0.15) is 0 Å². The Morgan fingerprint density at radius 2 is 1.83 bits per heavy atom. The molecule has 0 aliphatic heterocycles. The maximum atomic E-state index is 13.5. The molecule has 0 aromatic carbocycles. The number of Topliss-reactive ketones (excluding diaryl/α,β-unsaturated/α-hetero) is 1. The lowest BCUT2D eigenvalue weighted by Gasteiger charge is -2.57. The highest BCUT2D eigenvalue weighted by Crippen LogP contribution is 2.78. The average Bonchev–Trinajstić information content (AvgIpc) is 3.29. The summed E-state index contributed by atoms with van der Waals surface area (Å²) in [5.74, 6) is 5.25. The van der Waals surface area contributed by atoms with Crippen molar-refractivity contribution in [1.29, 1.82) is 0 Å². The molecule has 6 aliphatic rings. The van der Waals surface area contributed by atoms with Gasteiger partial charge in [-0.05, 0) is 106 Å². The Balaban J connectivity index is 1.25. The van der Waals surface area contributed by atoms with Crippen molar-refractivity contribution in [3.8, 4) is 0 Å². The summed E-state index contributed by atoms with van der Waals surface area (Å²) in [4.78, 5) is 17.6. The van der Waals surface area contributed by atoms with Gasteiger partial charge in [0.1, 0.15) is 0 Å². The minimum atomic E-state index is -0.435. The monoisotopic (exact) mass is 396 g/mol. The summed E-state index contributed by atoms with van der Waals surface area (Å²) < 4.78 is 1.96. The fourth-order valence-electron chi connectivity index (χ4n) is 9.56. The van der Waals surface area contributed by atoms with E-state index in [9.17, 15) is 9.90 Å². The molecule has 0 saturated heterocycles. The molecular weight excluding hydrogens is 360 g/mol. The number of aromatic nitrogens is 2. The molecule has 1 N–H and O–H groups in total. The van der Waals surface area contributed by atoms with E-state index < -0.39 is 5.60 Å². The largest absolute Gasteiger partial charge is 0.390 e. The number of hydrogen-bond acceptors (Lipinski definition) is 3. The van der Waals surface area contributed by atoms with Crippen LogP contribution in [0.1, 0.15) is 71.6 Å². The summed E-state index contributed by atoms with van der Waals surface area (Å²) in [6.45, 7) is 5.04. The first-order valence-electron chi connectivity index (χ1n) is 12.0. The fraction of sp³-hybridized carbons (Fsp3) is 0.840. The van der Waals surface area contributed by atoms with E-state index in [0.29, 0.717) is 12.3 Å². The standard InChI is InChI=1S/C25H36N2O2/c1-23(29)7-5-18-16(11-23)3-4-20-19(18)6-8-24(2)22(20)17-12-25(24,13-17)21(28)14-27-10-9-26-15-27/h9-10,15-20,22,29H,3-8,11-14H2,1-2H3/t16-,17-,18+,19-,20-,22+,23-,24+,25+/m1/s1. The lowest BCUT2D eigenvalue weighted by molar-refractivity contribution is -0.144. The van der Waals surface area contributed by atoms with Crippen LogP contribution in [0.25, 0.3) is 0 Å². The van der Waals surface area contributed by atoms with Crippen LogP contribution >= 0.6 is 0 Å². The average molecular weight is 397 g/mol.